The maximum absolute atomic E-state index is 9.98. The van der Waals surface area contributed by atoms with Crippen LogP contribution in [0.3, 0.4) is 0 Å². The van der Waals surface area contributed by atoms with Crippen LogP contribution in [0.1, 0.15) is 116 Å². The number of aliphatic hydroxyl groups excluding tert-OH is 2. The van der Waals surface area contributed by atoms with Crippen molar-refractivity contribution in [1.82, 2.24) is 0 Å². The Morgan fingerprint density at radius 2 is 1.13 bits per heavy atom. The fourth-order valence-corrected chi connectivity index (χ4v) is 3.98. The molecule has 1 aliphatic rings. The van der Waals surface area contributed by atoms with E-state index in [1.54, 1.807) is 0 Å². The normalized spacial score (nSPS) is 24.9. The summed E-state index contributed by atoms with van der Waals surface area (Å²) in [6, 6.07) is 0. The molecular formula is C21H42O2. The molecule has 0 heterocycles. The van der Waals surface area contributed by atoms with Crippen molar-refractivity contribution < 1.29 is 10.2 Å². The molecule has 0 radical (unpaired) electrons. The Hall–Kier alpha value is -0.0800. The number of aliphatic hydroxyl groups is 2. The van der Waals surface area contributed by atoms with Gasteiger partial charge >= 0.3 is 0 Å². The summed E-state index contributed by atoms with van der Waals surface area (Å²) >= 11 is 0. The molecule has 23 heavy (non-hydrogen) atoms. The highest BCUT2D eigenvalue weighted by Crippen LogP contribution is 2.29. The maximum atomic E-state index is 9.98. The zero-order chi connectivity index (χ0) is 16.8. The van der Waals surface area contributed by atoms with Gasteiger partial charge in [0.15, 0.2) is 0 Å². The van der Waals surface area contributed by atoms with Gasteiger partial charge in [-0.1, -0.05) is 96.8 Å². The summed E-state index contributed by atoms with van der Waals surface area (Å²) in [5, 5.41) is 19.7. The molecule has 3 atom stereocenters. The second kappa shape index (κ2) is 14.3. The summed E-state index contributed by atoms with van der Waals surface area (Å²) in [6.07, 6.45) is 21.2. The van der Waals surface area contributed by atoms with Crippen LogP contribution in [0.4, 0.5) is 0 Å². The molecule has 0 unspecified atom stereocenters. The van der Waals surface area contributed by atoms with Gasteiger partial charge < -0.3 is 10.2 Å². The highest BCUT2D eigenvalue weighted by atomic mass is 16.3. The summed E-state index contributed by atoms with van der Waals surface area (Å²) in [6.45, 7) is 2.28. The van der Waals surface area contributed by atoms with Crippen LogP contribution < -0.4 is 0 Å². The second-order valence-electron chi connectivity index (χ2n) is 7.78. The molecule has 0 bridgehead atoms. The van der Waals surface area contributed by atoms with Crippen LogP contribution in [-0.2, 0) is 0 Å². The Morgan fingerprint density at radius 3 is 1.65 bits per heavy atom. The SMILES string of the molecule is CCCCCCCCCCCCCCC[C@H]1CCC[C@H](O)[C@@H]1O. The van der Waals surface area contributed by atoms with Gasteiger partial charge in [0.1, 0.15) is 0 Å². The van der Waals surface area contributed by atoms with Crippen molar-refractivity contribution >= 4 is 0 Å². The molecule has 0 saturated heterocycles. The topological polar surface area (TPSA) is 40.5 Å². The molecule has 0 aromatic rings. The van der Waals surface area contributed by atoms with E-state index in [4.69, 9.17) is 0 Å². The van der Waals surface area contributed by atoms with Crippen LogP contribution in [0.25, 0.3) is 0 Å². The Bertz CT molecular complexity index is 254. The minimum atomic E-state index is -0.462. The summed E-state index contributed by atoms with van der Waals surface area (Å²) in [4.78, 5) is 0. The van der Waals surface area contributed by atoms with Crippen LogP contribution in [-0.4, -0.2) is 22.4 Å². The van der Waals surface area contributed by atoms with Gasteiger partial charge in [-0.2, -0.15) is 0 Å². The maximum Gasteiger partial charge on any atom is 0.0827 e. The van der Waals surface area contributed by atoms with Crippen molar-refractivity contribution in [2.75, 3.05) is 0 Å². The zero-order valence-corrected chi connectivity index (χ0v) is 15.6. The lowest BCUT2D eigenvalue weighted by atomic mass is 9.81. The van der Waals surface area contributed by atoms with E-state index in [-0.39, 0.29) is 0 Å². The molecule has 2 nitrogen and oxygen atoms in total. The first-order valence-corrected chi connectivity index (χ1v) is 10.6. The average Bonchev–Trinajstić information content (AvgIpc) is 2.55. The van der Waals surface area contributed by atoms with Gasteiger partial charge in [0.25, 0.3) is 0 Å². The predicted molar refractivity (Wildman–Crippen MR) is 99.7 cm³/mol. The minimum absolute atomic E-state index is 0.353. The third kappa shape index (κ3) is 10.4. The molecule has 0 aromatic heterocycles. The Kier molecular flexibility index (Phi) is 13.0. The van der Waals surface area contributed by atoms with Crippen molar-refractivity contribution in [3.05, 3.63) is 0 Å². The van der Waals surface area contributed by atoms with E-state index >= 15 is 0 Å². The van der Waals surface area contributed by atoms with Crippen LogP contribution in [0.5, 0.6) is 0 Å². The molecule has 0 amide bonds. The summed E-state index contributed by atoms with van der Waals surface area (Å²) in [7, 11) is 0. The first-order valence-electron chi connectivity index (χ1n) is 10.6. The summed E-state index contributed by atoms with van der Waals surface area (Å²) in [5.74, 6) is 0.353. The fraction of sp³-hybridized carbons (Fsp3) is 1.00. The van der Waals surface area contributed by atoms with E-state index in [9.17, 15) is 10.2 Å². The van der Waals surface area contributed by atoms with Gasteiger partial charge in [-0.25, -0.2) is 0 Å². The van der Waals surface area contributed by atoms with Crippen LogP contribution in [0.15, 0.2) is 0 Å². The molecule has 1 rings (SSSR count). The lowest BCUT2D eigenvalue weighted by molar-refractivity contribution is -0.0472. The number of rotatable bonds is 14. The van der Waals surface area contributed by atoms with Gasteiger partial charge in [-0.05, 0) is 25.2 Å². The van der Waals surface area contributed by atoms with E-state index in [1.165, 1.54) is 83.5 Å². The highest BCUT2D eigenvalue weighted by Gasteiger charge is 2.29. The third-order valence-electron chi connectivity index (χ3n) is 5.63. The molecule has 2 N–H and O–H groups in total. The molecule has 1 saturated carbocycles. The lowest BCUT2D eigenvalue weighted by Crippen LogP contribution is -2.37. The van der Waals surface area contributed by atoms with Crippen LogP contribution >= 0.6 is 0 Å². The van der Waals surface area contributed by atoms with Crippen LogP contribution in [0, 0.1) is 5.92 Å². The first kappa shape index (κ1) is 21.0. The smallest absolute Gasteiger partial charge is 0.0827 e. The van der Waals surface area contributed by atoms with Gasteiger partial charge in [0, 0.05) is 0 Å². The fourth-order valence-electron chi connectivity index (χ4n) is 3.98. The van der Waals surface area contributed by atoms with Crippen LogP contribution in [0.2, 0.25) is 0 Å². The molecule has 1 aliphatic carbocycles. The molecule has 138 valence electrons. The van der Waals surface area contributed by atoms with Crippen molar-refractivity contribution in [2.45, 2.75) is 128 Å². The monoisotopic (exact) mass is 326 g/mol. The van der Waals surface area contributed by atoms with Gasteiger partial charge in [0.2, 0.25) is 0 Å². The van der Waals surface area contributed by atoms with Crippen molar-refractivity contribution in [3.63, 3.8) is 0 Å². The lowest BCUT2D eigenvalue weighted by Gasteiger charge is -2.31. The minimum Gasteiger partial charge on any atom is -0.390 e. The van der Waals surface area contributed by atoms with E-state index in [0.29, 0.717) is 5.92 Å². The average molecular weight is 327 g/mol. The van der Waals surface area contributed by atoms with Crippen molar-refractivity contribution in [3.8, 4) is 0 Å². The number of unbranched alkanes of at least 4 members (excludes halogenated alkanes) is 12. The molecule has 0 spiro atoms. The number of hydrogen-bond donors (Lipinski definition) is 2. The van der Waals surface area contributed by atoms with Gasteiger partial charge in [-0.3, -0.25) is 0 Å². The molecular weight excluding hydrogens is 284 g/mol. The number of hydrogen-bond acceptors (Lipinski definition) is 2. The molecule has 0 aliphatic heterocycles. The Morgan fingerprint density at radius 1 is 0.652 bits per heavy atom. The second-order valence-corrected chi connectivity index (χ2v) is 7.78. The van der Waals surface area contributed by atoms with Gasteiger partial charge in [-0.15, -0.1) is 0 Å². The first-order chi connectivity index (χ1) is 11.3. The predicted octanol–water partition coefficient (Wildman–Crippen LogP) is 5.99. The molecule has 1 fully saturated rings. The Labute approximate surface area is 145 Å². The summed E-state index contributed by atoms with van der Waals surface area (Å²) in [5.41, 5.74) is 0. The molecule has 0 aromatic carbocycles. The molecule has 2 heteroatoms. The van der Waals surface area contributed by atoms with Gasteiger partial charge in [0.05, 0.1) is 12.2 Å². The van der Waals surface area contributed by atoms with E-state index in [1.807, 2.05) is 0 Å². The van der Waals surface area contributed by atoms with E-state index in [0.717, 1.165) is 25.7 Å². The third-order valence-corrected chi connectivity index (χ3v) is 5.63. The zero-order valence-electron chi connectivity index (χ0n) is 15.6. The largest absolute Gasteiger partial charge is 0.390 e. The highest BCUT2D eigenvalue weighted by molar-refractivity contribution is 4.81. The van der Waals surface area contributed by atoms with Crippen molar-refractivity contribution in [1.29, 1.82) is 0 Å². The standard InChI is InChI=1S/C21H42O2/c1-2-3-4-5-6-7-8-9-10-11-12-13-14-16-19-17-15-18-20(22)21(19)23/h19-23H,2-18H2,1H3/t19-,20-,21+/m0/s1. The van der Waals surface area contributed by atoms with Crippen molar-refractivity contribution in [2.24, 2.45) is 5.92 Å². The quantitative estimate of drug-likeness (QED) is 0.385. The Balaban J connectivity index is 1.79. The van der Waals surface area contributed by atoms with E-state index in [2.05, 4.69) is 6.92 Å². The summed E-state index contributed by atoms with van der Waals surface area (Å²) < 4.78 is 0. The van der Waals surface area contributed by atoms with E-state index < -0.39 is 12.2 Å².